The Bertz CT molecular complexity index is 546. The Kier molecular flexibility index (Phi) is 6.29. The van der Waals surface area contributed by atoms with Gasteiger partial charge in [-0.05, 0) is 23.0 Å². The molecule has 24 heavy (non-hydrogen) atoms. The molecular weight excluding hydrogens is 298 g/mol. The number of anilines is 1. The van der Waals surface area contributed by atoms with Crippen molar-refractivity contribution >= 4 is 11.7 Å². The smallest absolute Gasteiger partial charge is 0.317 e. The third-order valence-electron chi connectivity index (χ3n) is 4.62. The molecule has 4 nitrogen and oxygen atoms in total. The molecule has 1 aliphatic heterocycles. The van der Waals surface area contributed by atoms with Crippen LogP contribution in [0.25, 0.3) is 0 Å². The van der Waals surface area contributed by atoms with E-state index < -0.39 is 0 Å². The second-order valence-electron chi connectivity index (χ2n) is 7.04. The molecule has 1 aliphatic rings. The molecule has 2 amide bonds. The van der Waals surface area contributed by atoms with Crippen LogP contribution in [0.15, 0.2) is 30.9 Å². The SMILES string of the molecule is C=CCNC(=O)N1CCN(c2c(C(C)C)cccc2C(C)C)CC1. The van der Waals surface area contributed by atoms with Crippen LogP contribution in [0.5, 0.6) is 0 Å². The summed E-state index contributed by atoms with van der Waals surface area (Å²) in [5.41, 5.74) is 4.20. The number of piperazine rings is 1. The first kappa shape index (κ1) is 18.4. The molecule has 0 unspecified atom stereocenters. The topological polar surface area (TPSA) is 35.6 Å². The van der Waals surface area contributed by atoms with Gasteiger partial charge in [0.25, 0.3) is 0 Å². The number of para-hydroxylation sites is 1. The Morgan fingerprint density at radius 3 is 2.12 bits per heavy atom. The largest absolute Gasteiger partial charge is 0.368 e. The third-order valence-corrected chi connectivity index (χ3v) is 4.62. The van der Waals surface area contributed by atoms with Crippen LogP contribution in [0.3, 0.4) is 0 Å². The van der Waals surface area contributed by atoms with E-state index in [-0.39, 0.29) is 6.03 Å². The van der Waals surface area contributed by atoms with Gasteiger partial charge in [-0.2, -0.15) is 0 Å². The first-order valence-electron chi connectivity index (χ1n) is 8.97. The molecule has 1 aromatic rings. The summed E-state index contributed by atoms with van der Waals surface area (Å²) in [6.45, 7) is 16.4. The molecular formula is C20H31N3O. The van der Waals surface area contributed by atoms with Gasteiger partial charge in [-0.25, -0.2) is 4.79 Å². The molecule has 0 saturated carbocycles. The summed E-state index contributed by atoms with van der Waals surface area (Å²) in [7, 11) is 0. The first-order valence-corrected chi connectivity index (χ1v) is 8.97. The highest BCUT2D eigenvalue weighted by Gasteiger charge is 2.25. The zero-order valence-electron chi connectivity index (χ0n) is 15.5. The van der Waals surface area contributed by atoms with Crippen LogP contribution < -0.4 is 10.2 Å². The molecule has 0 bridgehead atoms. The van der Waals surface area contributed by atoms with Crippen molar-refractivity contribution in [1.82, 2.24) is 10.2 Å². The summed E-state index contributed by atoms with van der Waals surface area (Å²) >= 11 is 0. The number of nitrogens with zero attached hydrogens (tertiary/aromatic N) is 2. The van der Waals surface area contributed by atoms with Crippen molar-refractivity contribution < 1.29 is 4.79 Å². The van der Waals surface area contributed by atoms with Crippen molar-refractivity contribution in [2.75, 3.05) is 37.6 Å². The van der Waals surface area contributed by atoms with Crippen LogP contribution in [0.2, 0.25) is 0 Å². The van der Waals surface area contributed by atoms with Gasteiger partial charge in [-0.3, -0.25) is 0 Å². The minimum Gasteiger partial charge on any atom is -0.368 e. The van der Waals surface area contributed by atoms with Crippen molar-refractivity contribution in [3.05, 3.63) is 42.0 Å². The molecule has 1 heterocycles. The zero-order chi connectivity index (χ0) is 17.7. The van der Waals surface area contributed by atoms with E-state index in [9.17, 15) is 4.79 Å². The molecule has 1 fully saturated rings. The Balaban J connectivity index is 2.16. The number of amides is 2. The maximum Gasteiger partial charge on any atom is 0.317 e. The zero-order valence-corrected chi connectivity index (χ0v) is 15.5. The van der Waals surface area contributed by atoms with Crippen molar-refractivity contribution in [2.45, 2.75) is 39.5 Å². The summed E-state index contributed by atoms with van der Waals surface area (Å²) < 4.78 is 0. The number of hydrogen-bond donors (Lipinski definition) is 1. The molecule has 1 saturated heterocycles. The van der Waals surface area contributed by atoms with Crippen molar-refractivity contribution in [2.24, 2.45) is 0 Å². The second-order valence-corrected chi connectivity index (χ2v) is 7.04. The minimum absolute atomic E-state index is 0.00998. The van der Waals surface area contributed by atoms with Gasteiger partial charge in [-0.1, -0.05) is 52.0 Å². The van der Waals surface area contributed by atoms with Crippen molar-refractivity contribution in [3.63, 3.8) is 0 Å². The molecule has 0 spiro atoms. The molecule has 0 radical (unpaired) electrons. The summed E-state index contributed by atoms with van der Waals surface area (Å²) in [5.74, 6) is 0.986. The lowest BCUT2D eigenvalue weighted by Gasteiger charge is -2.39. The second kappa shape index (κ2) is 8.22. The maximum atomic E-state index is 12.1. The van der Waals surface area contributed by atoms with E-state index >= 15 is 0 Å². The summed E-state index contributed by atoms with van der Waals surface area (Å²) in [4.78, 5) is 16.5. The quantitative estimate of drug-likeness (QED) is 0.830. The summed E-state index contributed by atoms with van der Waals surface area (Å²) in [6.07, 6.45) is 1.71. The lowest BCUT2D eigenvalue weighted by molar-refractivity contribution is 0.195. The molecule has 2 rings (SSSR count). The number of hydrogen-bond acceptors (Lipinski definition) is 2. The van der Waals surface area contributed by atoms with Gasteiger partial charge in [0.1, 0.15) is 0 Å². The Labute approximate surface area is 146 Å². The van der Waals surface area contributed by atoms with E-state index in [0.717, 1.165) is 26.2 Å². The fraction of sp³-hybridized carbons (Fsp3) is 0.550. The number of nitrogens with one attached hydrogen (secondary N) is 1. The molecule has 4 heteroatoms. The summed E-state index contributed by atoms with van der Waals surface area (Å²) in [5, 5.41) is 2.87. The predicted molar refractivity (Wildman–Crippen MR) is 102 cm³/mol. The number of benzene rings is 1. The number of rotatable bonds is 5. The van der Waals surface area contributed by atoms with Crippen LogP contribution in [-0.4, -0.2) is 43.7 Å². The molecule has 0 atom stereocenters. The number of urea groups is 1. The van der Waals surface area contributed by atoms with Gasteiger partial charge in [0, 0.05) is 38.4 Å². The van der Waals surface area contributed by atoms with E-state index in [4.69, 9.17) is 0 Å². The molecule has 0 aromatic heterocycles. The van der Waals surface area contributed by atoms with Crippen LogP contribution in [0.4, 0.5) is 10.5 Å². The van der Waals surface area contributed by atoms with E-state index in [1.165, 1.54) is 16.8 Å². The fourth-order valence-electron chi connectivity index (χ4n) is 3.28. The van der Waals surface area contributed by atoms with Crippen LogP contribution >= 0.6 is 0 Å². The van der Waals surface area contributed by atoms with Crippen LogP contribution in [0, 0.1) is 0 Å². The lowest BCUT2D eigenvalue weighted by atomic mass is 9.91. The average Bonchev–Trinajstić information content (AvgIpc) is 2.59. The van der Waals surface area contributed by atoms with Crippen molar-refractivity contribution in [1.29, 1.82) is 0 Å². The van der Waals surface area contributed by atoms with Gasteiger partial charge in [0.15, 0.2) is 0 Å². The van der Waals surface area contributed by atoms with Gasteiger partial charge in [-0.15, -0.1) is 6.58 Å². The Morgan fingerprint density at radius 2 is 1.67 bits per heavy atom. The lowest BCUT2D eigenvalue weighted by Crippen LogP contribution is -2.52. The van der Waals surface area contributed by atoms with E-state index in [1.54, 1.807) is 6.08 Å². The fourth-order valence-corrected chi connectivity index (χ4v) is 3.28. The molecule has 0 aliphatic carbocycles. The molecule has 1 N–H and O–H groups in total. The molecule has 132 valence electrons. The predicted octanol–water partition coefficient (Wildman–Crippen LogP) is 3.95. The Hall–Kier alpha value is -1.97. The van der Waals surface area contributed by atoms with E-state index in [1.807, 2.05) is 4.90 Å². The van der Waals surface area contributed by atoms with Gasteiger partial charge in [0.05, 0.1) is 0 Å². The minimum atomic E-state index is 0.00998. The number of carbonyl (C=O) groups excluding carboxylic acids is 1. The van der Waals surface area contributed by atoms with Gasteiger partial charge >= 0.3 is 6.03 Å². The summed E-state index contributed by atoms with van der Waals surface area (Å²) in [6, 6.07) is 6.67. The van der Waals surface area contributed by atoms with E-state index in [2.05, 4.69) is 62.7 Å². The highest BCUT2D eigenvalue weighted by atomic mass is 16.2. The van der Waals surface area contributed by atoms with E-state index in [0.29, 0.717) is 18.4 Å². The highest BCUT2D eigenvalue weighted by molar-refractivity contribution is 5.75. The monoisotopic (exact) mass is 329 g/mol. The van der Waals surface area contributed by atoms with Gasteiger partial charge < -0.3 is 15.1 Å². The Morgan fingerprint density at radius 1 is 1.12 bits per heavy atom. The average molecular weight is 329 g/mol. The van der Waals surface area contributed by atoms with Crippen molar-refractivity contribution in [3.8, 4) is 0 Å². The van der Waals surface area contributed by atoms with Crippen LogP contribution in [0.1, 0.15) is 50.7 Å². The molecule has 1 aromatic carbocycles. The number of carbonyl (C=O) groups is 1. The van der Waals surface area contributed by atoms with Crippen LogP contribution in [-0.2, 0) is 0 Å². The normalized spacial score (nSPS) is 15.1. The van der Waals surface area contributed by atoms with Gasteiger partial charge in [0.2, 0.25) is 0 Å². The first-order chi connectivity index (χ1) is 11.5. The highest BCUT2D eigenvalue weighted by Crippen LogP contribution is 2.35. The third kappa shape index (κ3) is 4.11. The standard InChI is InChI=1S/C20H31N3O/c1-6-10-21-20(24)23-13-11-22(12-14-23)19-17(15(2)3)8-7-9-18(19)16(4)5/h6-9,15-16H,1,10-14H2,2-5H3,(H,21,24). The maximum absolute atomic E-state index is 12.1.